The van der Waals surface area contributed by atoms with Crippen LogP contribution in [-0.2, 0) is 6.54 Å². The van der Waals surface area contributed by atoms with Gasteiger partial charge in [-0.15, -0.1) is 5.10 Å². The number of piperazine rings is 1. The average Bonchev–Trinajstić information content (AvgIpc) is 3.24. The molecule has 4 rings (SSSR count). The number of nitro groups is 1. The van der Waals surface area contributed by atoms with E-state index in [2.05, 4.69) is 15.5 Å². The lowest BCUT2D eigenvalue weighted by atomic mass is 10.1. The van der Waals surface area contributed by atoms with Gasteiger partial charge < -0.3 is 4.90 Å². The van der Waals surface area contributed by atoms with E-state index in [1.54, 1.807) is 24.0 Å². The summed E-state index contributed by atoms with van der Waals surface area (Å²) in [7, 11) is 0. The molecule has 1 aliphatic rings. The molecule has 0 unspecified atom stereocenters. The highest BCUT2D eigenvalue weighted by atomic mass is 19.2. The Hall–Kier alpha value is -3.80. The molecule has 2 aromatic carbocycles. The minimum atomic E-state index is -0.993. The Bertz CT molecular complexity index is 1180. The smallest absolute Gasteiger partial charge is 0.273 e. The second kappa shape index (κ2) is 8.75. The summed E-state index contributed by atoms with van der Waals surface area (Å²) in [4.78, 5) is 27.1. The molecule has 0 spiro atoms. The fourth-order valence-corrected chi connectivity index (χ4v) is 3.55. The van der Waals surface area contributed by atoms with E-state index in [0.717, 1.165) is 12.1 Å². The van der Waals surface area contributed by atoms with Gasteiger partial charge in [0.1, 0.15) is 0 Å². The summed E-state index contributed by atoms with van der Waals surface area (Å²) in [5.74, 6) is -1.76. The van der Waals surface area contributed by atoms with Gasteiger partial charge in [-0.2, -0.15) is 4.68 Å². The average molecular weight is 443 g/mol. The van der Waals surface area contributed by atoms with Crippen LogP contribution in [0.1, 0.15) is 21.7 Å². The van der Waals surface area contributed by atoms with Gasteiger partial charge in [-0.1, -0.05) is 6.07 Å². The van der Waals surface area contributed by atoms with Crippen LogP contribution in [0.25, 0.3) is 5.69 Å². The first-order valence-electron chi connectivity index (χ1n) is 9.83. The summed E-state index contributed by atoms with van der Waals surface area (Å²) in [5.41, 5.74) is 0.991. The molecule has 0 atom stereocenters. The van der Waals surface area contributed by atoms with Crippen LogP contribution >= 0.6 is 0 Å². The van der Waals surface area contributed by atoms with Gasteiger partial charge in [0.15, 0.2) is 17.5 Å². The third-order valence-corrected chi connectivity index (χ3v) is 5.36. The molecule has 1 aliphatic heterocycles. The Morgan fingerprint density at radius 1 is 1.09 bits per heavy atom. The van der Waals surface area contributed by atoms with Crippen LogP contribution in [0.3, 0.4) is 0 Å². The highest BCUT2D eigenvalue weighted by Gasteiger charge is 2.25. The maximum atomic E-state index is 13.6. The molecule has 1 fully saturated rings. The van der Waals surface area contributed by atoms with Crippen LogP contribution in [0, 0.1) is 28.7 Å². The first kappa shape index (κ1) is 21.4. The van der Waals surface area contributed by atoms with E-state index in [0.29, 0.717) is 49.8 Å². The molecule has 10 nitrogen and oxygen atoms in total. The molecule has 1 amide bonds. The maximum absolute atomic E-state index is 13.6. The van der Waals surface area contributed by atoms with Gasteiger partial charge in [0, 0.05) is 49.4 Å². The highest BCUT2D eigenvalue weighted by molar-refractivity contribution is 5.95. The van der Waals surface area contributed by atoms with Crippen molar-refractivity contribution in [3.63, 3.8) is 0 Å². The molecule has 0 N–H and O–H groups in total. The lowest BCUT2D eigenvalue weighted by molar-refractivity contribution is -0.385. The summed E-state index contributed by atoms with van der Waals surface area (Å²) in [6.45, 7) is 3.89. The van der Waals surface area contributed by atoms with Crippen molar-refractivity contribution in [2.75, 3.05) is 26.2 Å². The van der Waals surface area contributed by atoms with E-state index in [-0.39, 0.29) is 17.2 Å². The van der Waals surface area contributed by atoms with Crippen molar-refractivity contribution in [3.05, 3.63) is 75.1 Å². The second-order valence-electron chi connectivity index (χ2n) is 7.43. The van der Waals surface area contributed by atoms with E-state index in [9.17, 15) is 23.7 Å². The number of aryl methyl sites for hydroxylation is 1. The third-order valence-electron chi connectivity index (χ3n) is 5.36. The number of hydrogen-bond acceptors (Lipinski definition) is 7. The van der Waals surface area contributed by atoms with Gasteiger partial charge in [-0.3, -0.25) is 19.8 Å². The number of rotatable bonds is 5. The number of hydrogen-bond donors (Lipinski definition) is 0. The summed E-state index contributed by atoms with van der Waals surface area (Å²) in [6, 6.07) is 7.88. The van der Waals surface area contributed by atoms with Crippen LogP contribution in [-0.4, -0.2) is 67.0 Å². The zero-order chi connectivity index (χ0) is 22.8. The molecule has 0 aliphatic carbocycles. The van der Waals surface area contributed by atoms with Gasteiger partial charge in [0.25, 0.3) is 11.6 Å². The Morgan fingerprint density at radius 3 is 2.53 bits per heavy atom. The highest BCUT2D eigenvalue weighted by Crippen LogP contribution is 2.21. The minimum Gasteiger partial charge on any atom is -0.336 e. The van der Waals surface area contributed by atoms with E-state index < -0.39 is 16.6 Å². The van der Waals surface area contributed by atoms with Crippen LogP contribution in [0.5, 0.6) is 0 Å². The number of tetrazole rings is 1. The lowest BCUT2D eigenvalue weighted by Crippen LogP contribution is -2.48. The first-order valence-corrected chi connectivity index (χ1v) is 9.83. The Labute approximate surface area is 181 Å². The number of halogens is 2. The Kier molecular flexibility index (Phi) is 5.86. The van der Waals surface area contributed by atoms with E-state index in [4.69, 9.17) is 0 Å². The molecule has 32 heavy (non-hydrogen) atoms. The lowest BCUT2D eigenvalue weighted by Gasteiger charge is -2.34. The molecule has 1 aromatic heterocycles. The Morgan fingerprint density at radius 2 is 1.84 bits per heavy atom. The normalized spacial score (nSPS) is 14.5. The molecule has 0 radical (unpaired) electrons. The SMILES string of the molecule is Cc1ccc(C(=O)N2CCN(Cc3nnnn3-c3ccc(F)c(F)c3)CC2)cc1[N+](=O)[O-]. The second-order valence-corrected chi connectivity index (χ2v) is 7.43. The predicted octanol–water partition coefficient (Wildman–Crippen LogP) is 2.12. The fraction of sp³-hybridized carbons (Fsp3) is 0.300. The topological polar surface area (TPSA) is 110 Å². The summed E-state index contributed by atoms with van der Waals surface area (Å²) in [6.07, 6.45) is 0. The molecular formula is C20H19F2N7O3. The number of benzene rings is 2. The standard InChI is InChI=1S/C20H19F2N7O3/c1-13-2-3-14(10-18(13)29(31)32)20(30)27-8-6-26(7-9-27)12-19-23-24-25-28(19)15-4-5-16(21)17(22)11-15/h2-5,10-11H,6-9,12H2,1H3. The zero-order valence-electron chi connectivity index (χ0n) is 17.1. The van der Waals surface area contributed by atoms with E-state index in [1.165, 1.54) is 16.8 Å². The summed E-state index contributed by atoms with van der Waals surface area (Å²) in [5, 5.41) is 22.6. The van der Waals surface area contributed by atoms with E-state index in [1.807, 2.05) is 4.90 Å². The number of carbonyl (C=O) groups is 1. The van der Waals surface area contributed by atoms with Gasteiger partial charge >= 0.3 is 0 Å². The number of aromatic nitrogens is 4. The monoisotopic (exact) mass is 443 g/mol. The van der Waals surface area contributed by atoms with Crippen LogP contribution < -0.4 is 0 Å². The van der Waals surface area contributed by atoms with Crippen molar-refractivity contribution >= 4 is 11.6 Å². The quantitative estimate of drug-likeness (QED) is 0.439. The fourth-order valence-electron chi connectivity index (χ4n) is 3.55. The van der Waals surface area contributed by atoms with Crippen molar-refractivity contribution in [1.29, 1.82) is 0 Å². The zero-order valence-corrected chi connectivity index (χ0v) is 17.1. The summed E-state index contributed by atoms with van der Waals surface area (Å²) < 4.78 is 28.1. The molecule has 12 heteroatoms. The molecular weight excluding hydrogens is 424 g/mol. The van der Waals surface area contributed by atoms with Crippen LogP contribution in [0.4, 0.5) is 14.5 Å². The molecule has 1 saturated heterocycles. The van der Waals surface area contributed by atoms with Gasteiger partial charge in [0.2, 0.25) is 0 Å². The molecule has 3 aromatic rings. The number of carbonyl (C=O) groups excluding carboxylic acids is 1. The third kappa shape index (κ3) is 4.30. The molecule has 2 heterocycles. The van der Waals surface area contributed by atoms with Gasteiger partial charge in [-0.25, -0.2) is 8.78 Å². The van der Waals surface area contributed by atoms with Crippen molar-refractivity contribution in [1.82, 2.24) is 30.0 Å². The van der Waals surface area contributed by atoms with Crippen LogP contribution in [0.15, 0.2) is 36.4 Å². The predicted molar refractivity (Wildman–Crippen MR) is 108 cm³/mol. The number of nitrogens with zero attached hydrogens (tertiary/aromatic N) is 7. The molecule has 166 valence electrons. The van der Waals surface area contributed by atoms with E-state index >= 15 is 0 Å². The largest absolute Gasteiger partial charge is 0.336 e. The Balaban J connectivity index is 1.40. The number of amides is 1. The first-order chi connectivity index (χ1) is 15.3. The van der Waals surface area contributed by atoms with Crippen molar-refractivity contribution in [2.24, 2.45) is 0 Å². The maximum Gasteiger partial charge on any atom is 0.273 e. The van der Waals surface area contributed by atoms with Crippen LogP contribution in [0.2, 0.25) is 0 Å². The van der Waals surface area contributed by atoms with Gasteiger partial charge in [0.05, 0.1) is 17.2 Å². The minimum absolute atomic E-state index is 0.0847. The van der Waals surface area contributed by atoms with Crippen molar-refractivity contribution < 1.29 is 18.5 Å². The molecule has 0 bridgehead atoms. The van der Waals surface area contributed by atoms with Crippen molar-refractivity contribution in [3.8, 4) is 5.69 Å². The van der Waals surface area contributed by atoms with Gasteiger partial charge in [-0.05, 0) is 35.5 Å². The molecule has 0 saturated carbocycles. The summed E-state index contributed by atoms with van der Waals surface area (Å²) >= 11 is 0. The van der Waals surface area contributed by atoms with Crippen molar-refractivity contribution in [2.45, 2.75) is 13.5 Å². The number of nitro benzene ring substituents is 1.